The number of ketones is 1. The number of para-hydroxylation sites is 2. The number of aromatic nitrogens is 2. The van der Waals surface area contributed by atoms with E-state index in [0.717, 1.165) is 22.7 Å². The molecule has 0 bridgehead atoms. The summed E-state index contributed by atoms with van der Waals surface area (Å²) < 4.78 is 7.68. The molecule has 3 heterocycles. The fourth-order valence-corrected chi connectivity index (χ4v) is 6.52. The number of nitrogens with one attached hydrogen (secondary N) is 2. The predicted molar refractivity (Wildman–Crippen MR) is 153 cm³/mol. The van der Waals surface area contributed by atoms with E-state index in [1.807, 2.05) is 91.0 Å². The molecule has 0 saturated heterocycles. The van der Waals surface area contributed by atoms with Gasteiger partial charge in [0.05, 0.1) is 11.3 Å². The van der Waals surface area contributed by atoms with Gasteiger partial charge in [0.2, 0.25) is 0 Å². The molecule has 7 heteroatoms. The SMILES string of the molecule is O=C1C[C@H](c2cccs2)CC2=C1[C@@H](c1cccc(Oc3ccccc3)c1)c1c([nH]n(-c3ccccc3)c1=O)N2. The van der Waals surface area contributed by atoms with E-state index >= 15 is 0 Å². The second-order valence-corrected chi connectivity index (χ2v) is 10.8. The van der Waals surface area contributed by atoms with Crippen molar-refractivity contribution in [3.63, 3.8) is 0 Å². The number of anilines is 1. The van der Waals surface area contributed by atoms with Gasteiger partial charge in [0.25, 0.3) is 5.56 Å². The maximum atomic E-state index is 13.9. The number of ether oxygens (including phenoxy) is 1. The quantitative estimate of drug-likeness (QED) is 0.257. The van der Waals surface area contributed by atoms with Crippen LogP contribution in [0.3, 0.4) is 0 Å². The van der Waals surface area contributed by atoms with Crippen molar-refractivity contribution in [3.8, 4) is 17.2 Å². The molecule has 0 fully saturated rings. The van der Waals surface area contributed by atoms with Crippen molar-refractivity contribution in [2.24, 2.45) is 0 Å². The van der Waals surface area contributed by atoms with Crippen molar-refractivity contribution in [3.05, 3.63) is 140 Å². The Morgan fingerprint density at radius 1 is 0.821 bits per heavy atom. The number of carbonyl (C=O) groups excluding carboxylic acids is 1. The van der Waals surface area contributed by atoms with Crippen LogP contribution in [0.2, 0.25) is 0 Å². The minimum Gasteiger partial charge on any atom is -0.457 e. The van der Waals surface area contributed by atoms with Crippen molar-refractivity contribution in [1.82, 2.24) is 9.78 Å². The molecule has 0 spiro atoms. The normalized spacial score (nSPS) is 18.3. The zero-order valence-electron chi connectivity index (χ0n) is 21.0. The second-order valence-electron chi connectivity index (χ2n) is 9.86. The monoisotopic (exact) mass is 531 g/mol. The number of hydrogen-bond acceptors (Lipinski definition) is 5. The van der Waals surface area contributed by atoms with Crippen LogP contribution in [0, 0.1) is 0 Å². The lowest BCUT2D eigenvalue weighted by Gasteiger charge is -2.34. The number of benzene rings is 3. The molecule has 39 heavy (non-hydrogen) atoms. The Morgan fingerprint density at radius 2 is 1.59 bits per heavy atom. The van der Waals surface area contributed by atoms with Crippen molar-refractivity contribution in [2.45, 2.75) is 24.7 Å². The third-order valence-electron chi connectivity index (χ3n) is 7.42. The number of allylic oxidation sites excluding steroid dienone is 2. The standard InChI is InChI=1S/C32H25N3O3S/c36-26-19-21(27-15-8-16-39-27)18-25-29(26)28(20-9-7-14-24(17-20)38-23-12-5-2-6-13-23)30-31(33-25)34-35(32(30)37)22-10-3-1-4-11-22/h1-17,21,28,33-34H,18-19H2/t21-,28-/m1/s1. The number of H-pyrrole nitrogens is 1. The van der Waals surface area contributed by atoms with Gasteiger partial charge in [-0.3, -0.25) is 14.7 Å². The van der Waals surface area contributed by atoms with Gasteiger partial charge in [-0.05, 0) is 59.8 Å². The number of fused-ring (bicyclic) bond motifs is 1. The molecule has 0 radical (unpaired) electrons. The summed E-state index contributed by atoms with van der Waals surface area (Å²) in [5, 5.41) is 8.80. The Morgan fingerprint density at radius 3 is 2.36 bits per heavy atom. The third kappa shape index (κ3) is 4.21. The van der Waals surface area contributed by atoms with E-state index in [9.17, 15) is 9.59 Å². The fraction of sp³-hybridized carbons (Fsp3) is 0.125. The first-order chi connectivity index (χ1) is 19.2. The molecule has 0 unspecified atom stereocenters. The molecule has 7 rings (SSSR count). The molecule has 3 aromatic carbocycles. The van der Waals surface area contributed by atoms with Crippen molar-refractivity contribution in [2.75, 3.05) is 5.32 Å². The fourth-order valence-electron chi connectivity index (χ4n) is 5.69. The van der Waals surface area contributed by atoms with E-state index in [1.165, 1.54) is 4.88 Å². The molecule has 1 aliphatic heterocycles. The molecule has 2 atom stereocenters. The predicted octanol–water partition coefficient (Wildman–Crippen LogP) is 6.98. The molecule has 1 aliphatic carbocycles. The van der Waals surface area contributed by atoms with E-state index in [4.69, 9.17) is 4.74 Å². The van der Waals surface area contributed by atoms with Gasteiger partial charge in [0.1, 0.15) is 17.3 Å². The van der Waals surface area contributed by atoms with Crippen LogP contribution >= 0.6 is 11.3 Å². The van der Waals surface area contributed by atoms with E-state index < -0.39 is 5.92 Å². The topological polar surface area (TPSA) is 76.1 Å². The number of rotatable bonds is 5. The number of aromatic amines is 1. The van der Waals surface area contributed by atoms with Crippen molar-refractivity contribution in [1.29, 1.82) is 0 Å². The van der Waals surface area contributed by atoms with Crippen LogP contribution in [0.5, 0.6) is 11.5 Å². The lowest BCUT2D eigenvalue weighted by Crippen LogP contribution is -2.31. The van der Waals surface area contributed by atoms with Crippen LogP contribution in [-0.2, 0) is 4.79 Å². The lowest BCUT2D eigenvalue weighted by molar-refractivity contribution is -0.116. The van der Waals surface area contributed by atoms with Gasteiger partial charge in [-0.2, -0.15) is 0 Å². The first-order valence-electron chi connectivity index (χ1n) is 13.0. The number of nitrogens with zero attached hydrogens (tertiary/aromatic N) is 1. The second kappa shape index (κ2) is 9.60. The van der Waals surface area contributed by atoms with E-state index in [1.54, 1.807) is 16.0 Å². The summed E-state index contributed by atoms with van der Waals surface area (Å²) in [6.07, 6.45) is 1.13. The zero-order valence-corrected chi connectivity index (χ0v) is 21.8. The van der Waals surface area contributed by atoms with Gasteiger partial charge in [0, 0.05) is 34.4 Å². The Labute approximate surface area is 229 Å². The van der Waals surface area contributed by atoms with E-state index in [0.29, 0.717) is 35.5 Å². The van der Waals surface area contributed by atoms with Crippen LogP contribution in [0.25, 0.3) is 5.69 Å². The summed E-state index contributed by atoms with van der Waals surface area (Å²) >= 11 is 1.68. The van der Waals surface area contributed by atoms with Crippen LogP contribution in [0.4, 0.5) is 5.82 Å². The van der Waals surface area contributed by atoms with Crippen molar-refractivity contribution < 1.29 is 9.53 Å². The number of carbonyl (C=O) groups is 1. The molecule has 2 N–H and O–H groups in total. The highest BCUT2D eigenvalue weighted by atomic mass is 32.1. The summed E-state index contributed by atoms with van der Waals surface area (Å²) in [6.45, 7) is 0. The minimum absolute atomic E-state index is 0.0686. The number of thiophene rings is 1. The van der Waals surface area contributed by atoms with Crippen LogP contribution < -0.4 is 15.6 Å². The summed E-state index contributed by atoms with van der Waals surface area (Å²) in [6, 6.07) is 30.9. The van der Waals surface area contributed by atoms with Crippen LogP contribution in [0.1, 0.15) is 40.7 Å². The van der Waals surface area contributed by atoms with Gasteiger partial charge >= 0.3 is 0 Å². The number of Topliss-reactive ketones (excluding diaryl/α,β-unsaturated/α-hetero) is 1. The summed E-state index contributed by atoms with van der Waals surface area (Å²) in [7, 11) is 0. The molecule has 6 nitrogen and oxygen atoms in total. The minimum atomic E-state index is -0.513. The van der Waals surface area contributed by atoms with Gasteiger partial charge in [-0.25, -0.2) is 4.68 Å². The van der Waals surface area contributed by atoms with E-state index in [-0.39, 0.29) is 17.3 Å². The summed E-state index contributed by atoms with van der Waals surface area (Å²) in [5.41, 5.74) is 3.49. The first kappa shape index (κ1) is 23.5. The molecule has 5 aromatic rings. The first-order valence-corrected chi connectivity index (χ1v) is 13.8. The molecule has 0 saturated carbocycles. The van der Waals surface area contributed by atoms with Gasteiger partial charge in [0.15, 0.2) is 5.78 Å². The zero-order chi connectivity index (χ0) is 26.3. The highest BCUT2D eigenvalue weighted by molar-refractivity contribution is 7.10. The highest BCUT2D eigenvalue weighted by Crippen LogP contribution is 2.47. The van der Waals surface area contributed by atoms with E-state index in [2.05, 4.69) is 21.9 Å². The average Bonchev–Trinajstić information content (AvgIpc) is 3.62. The highest BCUT2D eigenvalue weighted by Gasteiger charge is 2.41. The maximum Gasteiger partial charge on any atom is 0.277 e. The average molecular weight is 532 g/mol. The molecule has 0 amide bonds. The van der Waals surface area contributed by atoms with Gasteiger partial charge < -0.3 is 10.1 Å². The Balaban J connectivity index is 1.37. The smallest absolute Gasteiger partial charge is 0.277 e. The molecule has 2 aromatic heterocycles. The largest absolute Gasteiger partial charge is 0.457 e. The Bertz CT molecular complexity index is 1750. The Kier molecular flexibility index (Phi) is 5.78. The Hall–Kier alpha value is -4.62. The van der Waals surface area contributed by atoms with Gasteiger partial charge in [-0.15, -0.1) is 11.3 Å². The van der Waals surface area contributed by atoms with Gasteiger partial charge in [-0.1, -0.05) is 54.6 Å². The summed E-state index contributed by atoms with van der Waals surface area (Å²) in [5.74, 6) is 1.67. The molecular weight excluding hydrogens is 506 g/mol. The molecular formula is C32H25N3O3S. The van der Waals surface area contributed by atoms with Crippen LogP contribution in [0.15, 0.2) is 119 Å². The molecule has 2 aliphatic rings. The summed E-state index contributed by atoms with van der Waals surface area (Å²) in [4.78, 5) is 29.0. The third-order valence-corrected chi connectivity index (χ3v) is 8.45. The lowest BCUT2D eigenvalue weighted by atomic mass is 9.74. The van der Waals surface area contributed by atoms with Crippen molar-refractivity contribution >= 4 is 22.9 Å². The van der Waals surface area contributed by atoms with Crippen LogP contribution in [-0.4, -0.2) is 15.6 Å². The maximum absolute atomic E-state index is 13.9. The number of hydrogen-bond donors (Lipinski definition) is 2. The molecule has 192 valence electrons.